The lowest BCUT2D eigenvalue weighted by atomic mass is 9.96. The second-order valence-corrected chi connectivity index (χ2v) is 10.5. The lowest BCUT2D eigenvalue weighted by Gasteiger charge is -2.16. The van der Waals surface area contributed by atoms with E-state index in [1.165, 1.54) is 34.4 Å². The Bertz CT molecular complexity index is 1430. The zero-order chi connectivity index (χ0) is 29.4. The minimum Gasteiger partial charge on any atom is -0.493 e. The molecule has 3 rings (SSSR count). The van der Waals surface area contributed by atoms with Gasteiger partial charge in [0.1, 0.15) is 18.2 Å². The summed E-state index contributed by atoms with van der Waals surface area (Å²) >= 11 is 1.19. The first-order valence-corrected chi connectivity index (χ1v) is 13.4. The van der Waals surface area contributed by atoms with Gasteiger partial charge in [-0.2, -0.15) is 0 Å². The van der Waals surface area contributed by atoms with Gasteiger partial charge in [0, 0.05) is 23.3 Å². The van der Waals surface area contributed by atoms with Gasteiger partial charge in [0.25, 0.3) is 5.91 Å². The van der Waals surface area contributed by atoms with Crippen LogP contribution in [0.3, 0.4) is 0 Å². The Morgan fingerprint density at radius 3 is 2.55 bits per heavy atom. The molecule has 1 aromatic rings. The second-order valence-electron chi connectivity index (χ2n) is 9.58. The lowest BCUT2D eigenvalue weighted by Crippen LogP contribution is -2.42. The fourth-order valence-corrected chi connectivity index (χ4v) is 4.01. The minimum absolute atomic E-state index is 0.0315. The molecule has 2 aliphatic heterocycles. The van der Waals surface area contributed by atoms with Crippen molar-refractivity contribution in [3.8, 4) is 29.2 Å². The van der Waals surface area contributed by atoms with E-state index in [0.29, 0.717) is 10.4 Å². The first-order chi connectivity index (χ1) is 18.9. The second kappa shape index (κ2) is 13.1. The van der Waals surface area contributed by atoms with Gasteiger partial charge in [-0.3, -0.25) is 14.4 Å². The number of anilines is 1. The number of esters is 2. The maximum absolute atomic E-state index is 12.8. The number of nitrogens with zero attached hydrogens (tertiary/aromatic N) is 3. The molecule has 12 nitrogen and oxygen atoms in total. The predicted molar refractivity (Wildman–Crippen MR) is 147 cm³/mol. The highest BCUT2D eigenvalue weighted by Crippen LogP contribution is 2.31. The summed E-state index contributed by atoms with van der Waals surface area (Å²) in [5.41, 5.74) is -0.0488. The van der Waals surface area contributed by atoms with E-state index in [2.05, 4.69) is 32.6 Å². The normalized spacial score (nSPS) is 11.7. The number of hydrogen-bond donors (Lipinski definition) is 3. The van der Waals surface area contributed by atoms with Crippen LogP contribution in [-0.4, -0.2) is 62.7 Å². The van der Waals surface area contributed by atoms with E-state index < -0.39 is 29.3 Å². The minimum atomic E-state index is -1.02. The molecular formula is C27H31N5O7S. The topological polar surface area (TPSA) is 162 Å². The summed E-state index contributed by atoms with van der Waals surface area (Å²) in [5.74, 6) is 1.28. The molecule has 0 saturated carbocycles. The van der Waals surface area contributed by atoms with E-state index in [-0.39, 0.29) is 55.0 Å². The van der Waals surface area contributed by atoms with E-state index in [4.69, 9.17) is 9.47 Å². The van der Waals surface area contributed by atoms with E-state index >= 15 is 0 Å². The van der Waals surface area contributed by atoms with Crippen molar-refractivity contribution >= 4 is 40.9 Å². The highest BCUT2D eigenvalue weighted by atomic mass is 32.1. The molecule has 0 unspecified atom stereocenters. The van der Waals surface area contributed by atoms with Gasteiger partial charge >= 0.3 is 11.9 Å². The molecule has 0 bridgehead atoms. The maximum Gasteiger partial charge on any atom is 0.328 e. The fraction of sp³-hybridized carbons (Fsp3) is 0.407. The number of thiophene rings is 1. The summed E-state index contributed by atoms with van der Waals surface area (Å²) in [6.45, 7) is 8.99. The van der Waals surface area contributed by atoms with E-state index in [9.17, 15) is 24.3 Å². The monoisotopic (exact) mass is 569 g/mol. The Labute approximate surface area is 235 Å². The van der Waals surface area contributed by atoms with Gasteiger partial charge in [0.15, 0.2) is 5.82 Å². The number of amides is 2. The van der Waals surface area contributed by atoms with Crippen molar-refractivity contribution < 1.29 is 33.8 Å². The molecule has 3 N–H and O–H groups in total. The molecule has 13 heteroatoms. The number of rotatable bonds is 9. The van der Waals surface area contributed by atoms with Gasteiger partial charge < -0.3 is 25.2 Å². The van der Waals surface area contributed by atoms with Crippen LogP contribution in [0.4, 0.5) is 5.82 Å². The number of aromatic hydroxyl groups is 1. The van der Waals surface area contributed by atoms with E-state index in [0.717, 1.165) is 0 Å². The zero-order valence-electron chi connectivity index (χ0n) is 22.9. The number of carbonyl (C=O) groups is 4. The Morgan fingerprint density at radius 2 is 1.88 bits per heavy atom. The molecule has 2 aliphatic rings. The van der Waals surface area contributed by atoms with Crippen LogP contribution in [0, 0.1) is 17.4 Å². The average molecular weight is 570 g/mol. The molecule has 2 amide bonds. The van der Waals surface area contributed by atoms with Crippen molar-refractivity contribution in [3.63, 3.8) is 0 Å². The van der Waals surface area contributed by atoms with Crippen molar-refractivity contribution in [2.45, 2.75) is 53.5 Å². The molecule has 40 heavy (non-hydrogen) atoms. The van der Waals surface area contributed by atoms with E-state index in [1.807, 2.05) is 0 Å². The molecule has 3 heterocycles. The van der Waals surface area contributed by atoms with Gasteiger partial charge in [-0.1, -0.05) is 20.8 Å². The summed E-state index contributed by atoms with van der Waals surface area (Å²) in [6, 6.07) is 4.79. The van der Waals surface area contributed by atoms with Crippen molar-refractivity contribution in [1.29, 1.82) is 0 Å². The fourth-order valence-electron chi connectivity index (χ4n) is 3.28. The Kier molecular flexibility index (Phi) is 9.84. The van der Waals surface area contributed by atoms with Crippen molar-refractivity contribution in [2.75, 3.05) is 18.5 Å². The van der Waals surface area contributed by atoms with Crippen LogP contribution in [0.15, 0.2) is 23.8 Å². The molecule has 0 spiro atoms. The summed E-state index contributed by atoms with van der Waals surface area (Å²) in [7, 11) is 0. The molecule has 1 aromatic heterocycles. The predicted octanol–water partition coefficient (Wildman–Crippen LogP) is 3.00. The Balaban J connectivity index is 1.72. The van der Waals surface area contributed by atoms with E-state index in [1.54, 1.807) is 40.0 Å². The van der Waals surface area contributed by atoms with Crippen molar-refractivity contribution in [2.24, 2.45) is 5.41 Å². The number of aromatic nitrogens is 3. The first-order valence-electron chi connectivity index (χ1n) is 12.5. The van der Waals surface area contributed by atoms with Crippen LogP contribution in [-0.2, 0) is 23.9 Å². The molecule has 0 saturated heterocycles. The number of nitrogens with one attached hydrogen (secondary N) is 2. The first kappa shape index (κ1) is 30.1. The number of carbonyl (C=O) groups excluding carboxylic acids is 4. The number of hydrogen-bond acceptors (Lipinski definition) is 10. The summed E-state index contributed by atoms with van der Waals surface area (Å²) < 4.78 is 11.1. The number of ether oxygens (including phenoxy) is 2. The molecule has 0 aromatic carbocycles. The standard InChI is InChI=1S/C27H31N5O7S/c1-6-38-21(33)9-8-19(25(36)39-7-2)29-23(34)16-12-17(40-14-16)10-11-32-15-28-22-18(24(32)35)13-20(30-22)31-26(37)27(3,4)5/h12-15,19,35H,6-9H2,1-5H3,(H,29,34)(H,31,37)/t19-/m0/s1. The molecular weight excluding hydrogens is 538 g/mol. The Morgan fingerprint density at radius 1 is 1.15 bits per heavy atom. The molecule has 0 fully saturated rings. The van der Waals surface area contributed by atoms with Crippen LogP contribution >= 0.6 is 11.3 Å². The largest absolute Gasteiger partial charge is 0.493 e. The van der Waals surface area contributed by atoms with Crippen LogP contribution in [0.1, 0.15) is 62.7 Å². The van der Waals surface area contributed by atoms with Gasteiger partial charge in [0.05, 0.1) is 29.2 Å². The van der Waals surface area contributed by atoms with Crippen LogP contribution in [0.25, 0.3) is 11.4 Å². The van der Waals surface area contributed by atoms with Crippen LogP contribution < -0.4 is 10.6 Å². The van der Waals surface area contributed by atoms with Crippen LogP contribution in [0.5, 0.6) is 5.88 Å². The van der Waals surface area contributed by atoms with Gasteiger partial charge in [0.2, 0.25) is 11.8 Å². The Hall–Kier alpha value is -4.44. The third kappa shape index (κ3) is 7.79. The van der Waals surface area contributed by atoms with Gasteiger partial charge in [-0.25, -0.2) is 19.3 Å². The average Bonchev–Trinajstić information content (AvgIpc) is 3.53. The molecule has 1 atom stereocenters. The summed E-state index contributed by atoms with van der Waals surface area (Å²) in [5, 5.41) is 17.6. The third-order valence-electron chi connectivity index (χ3n) is 5.42. The summed E-state index contributed by atoms with van der Waals surface area (Å²) in [6.07, 6.45) is 1.27. The summed E-state index contributed by atoms with van der Waals surface area (Å²) in [4.78, 5) is 58.0. The molecule has 0 aliphatic carbocycles. The SMILES string of the molecule is CCOC(=O)CC[C@H](NC(=O)c1csc(C#Cn2cnc3nc(NC(=O)C(C)(C)C)cc-3c2O)c1)C(=O)OCC. The lowest BCUT2D eigenvalue weighted by molar-refractivity contribution is -0.146. The quantitative estimate of drug-likeness (QED) is 0.260. The zero-order valence-corrected chi connectivity index (χ0v) is 23.7. The third-order valence-corrected chi connectivity index (χ3v) is 6.26. The maximum atomic E-state index is 12.8. The van der Waals surface area contributed by atoms with Crippen molar-refractivity contribution in [1.82, 2.24) is 19.9 Å². The van der Waals surface area contributed by atoms with Crippen molar-refractivity contribution in [3.05, 3.63) is 34.3 Å². The smallest absolute Gasteiger partial charge is 0.328 e. The van der Waals surface area contributed by atoms with Crippen LogP contribution in [0.2, 0.25) is 0 Å². The van der Waals surface area contributed by atoms with Gasteiger partial charge in [-0.05, 0) is 38.3 Å². The highest BCUT2D eigenvalue weighted by molar-refractivity contribution is 7.10. The molecule has 212 valence electrons. The highest BCUT2D eigenvalue weighted by Gasteiger charge is 2.25. The number of fused-ring (bicyclic) bond motifs is 1. The van der Waals surface area contributed by atoms with Gasteiger partial charge in [-0.15, -0.1) is 11.3 Å². The molecule has 0 radical (unpaired) electrons.